The van der Waals surface area contributed by atoms with Crippen LogP contribution in [0.4, 0.5) is 0 Å². The molecule has 2 saturated heterocycles. The van der Waals surface area contributed by atoms with Gasteiger partial charge in [-0.25, -0.2) is 0 Å². The molecule has 0 aliphatic carbocycles. The summed E-state index contributed by atoms with van der Waals surface area (Å²) in [4.78, 5) is 34.4. The van der Waals surface area contributed by atoms with Crippen molar-refractivity contribution in [3.8, 4) is 5.75 Å². The van der Waals surface area contributed by atoms with E-state index in [1.807, 2.05) is 13.0 Å². The van der Waals surface area contributed by atoms with Crippen LogP contribution in [0.25, 0.3) is 5.76 Å². The molecule has 34 heavy (non-hydrogen) atoms. The molecule has 1 amide bonds. The van der Waals surface area contributed by atoms with Gasteiger partial charge in [0.1, 0.15) is 17.6 Å². The maximum absolute atomic E-state index is 13.1. The molecule has 180 valence electrons. The molecule has 0 bridgehead atoms. The molecule has 8 nitrogen and oxygen atoms in total. The van der Waals surface area contributed by atoms with Crippen molar-refractivity contribution in [1.29, 1.82) is 0 Å². The van der Waals surface area contributed by atoms with Gasteiger partial charge in [-0.05, 0) is 49.2 Å². The predicted molar refractivity (Wildman–Crippen MR) is 127 cm³/mol. The first-order valence-corrected chi connectivity index (χ1v) is 11.8. The summed E-state index contributed by atoms with van der Waals surface area (Å²) in [7, 11) is 0. The molecule has 0 spiro atoms. The minimum atomic E-state index is -0.734. The van der Waals surface area contributed by atoms with Crippen LogP contribution in [0.5, 0.6) is 5.75 Å². The van der Waals surface area contributed by atoms with Gasteiger partial charge in [-0.1, -0.05) is 13.0 Å². The summed E-state index contributed by atoms with van der Waals surface area (Å²) < 4.78 is 11.0. The zero-order chi connectivity index (χ0) is 23.9. The van der Waals surface area contributed by atoms with E-state index in [2.05, 4.69) is 9.88 Å². The lowest BCUT2D eigenvalue weighted by molar-refractivity contribution is -0.140. The molecular weight excluding hydrogens is 434 g/mol. The van der Waals surface area contributed by atoms with E-state index in [-0.39, 0.29) is 11.3 Å². The molecule has 0 radical (unpaired) electrons. The second-order valence-corrected chi connectivity index (χ2v) is 8.43. The minimum Gasteiger partial charge on any atom is -0.507 e. The Morgan fingerprint density at radius 3 is 2.56 bits per heavy atom. The average Bonchev–Trinajstić information content (AvgIpc) is 3.13. The molecule has 0 saturated carbocycles. The number of hydrogen-bond donors (Lipinski definition) is 1. The number of ether oxygens (including phenoxy) is 2. The van der Waals surface area contributed by atoms with Crippen molar-refractivity contribution >= 4 is 17.4 Å². The maximum atomic E-state index is 13.1. The van der Waals surface area contributed by atoms with Crippen molar-refractivity contribution in [2.75, 3.05) is 46.0 Å². The highest BCUT2D eigenvalue weighted by molar-refractivity contribution is 6.46. The van der Waals surface area contributed by atoms with Crippen LogP contribution in [0.15, 0.2) is 54.2 Å². The minimum absolute atomic E-state index is 0.0669. The third-order valence-electron chi connectivity index (χ3n) is 6.09. The van der Waals surface area contributed by atoms with E-state index >= 15 is 0 Å². The lowest BCUT2D eigenvalue weighted by atomic mass is 9.98. The van der Waals surface area contributed by atoms with Crippen molar-refractivity contribution in [2.45, 2.75) is 25.8 Å². The number of morpholine rings is 1. The molecule has 4 rings (SSSR count). The van der Waals surface area contributed by atoms with Gasteiger partial charge < -0.3 is 19.5 Å². The number of ketones is 1. The molecule has 3 heterocycles. The highest BCUT2D eigenvalue weighted by Crippen LogP contribution is 2.38. The van der Waals surface area contributed by atoms with Crippen molar-refractivity contribution in [1.82, 2.24) is 14.8 Å². The van der Waals surface area contributed by atoms with Gasteiger partial charge in [0.05, 0.1) is 31.1 Å². The van der Waals surface area contributed by atoms with Crippen molar-refractivity contribution < 1.29 is 24.2 Å². The summed E-state index contributed by atoms with van der Waals surface area (Å²) in [6, 6.07) is 11.5. The fourth-order valence-electron chi connectivity index (χ4n) is 4.33. The molecule has 1 atom stereocenters. The average molecular weight is 466 g/mol. The largest absolute Gasteiger partial charge is 0.507 e. The van der Waals surface area contributed by atoms with E-state index in [1.54, 1.807) is 42.6 Å². The number of amides is 1. The van der Waals surface area contributed by atoms with Crippen LogP contribution < -0.4 is 4.74 Å². The van der Waals surface area contributed by atoms with Crippen LogP contribution in [-0.4, -0.2) is 77.6 Å². The van der Waals surface area contributed by atoms with Crippen LogP contribution in [0.3, 0.4) is 0 Å². The Labute approximate surface area is 199 Å². The zero-order valence-corrected chi connectivity index (χ0v) is 19.5. The number of aliphatic hydroxyl groups excluding tert-OH is 1. The normalized spacial score (nSPS) is 20.6. The first kappa shape index (κ1) is 23.9. The number of aromatic nitrogens is 1. The third-order valence-corrected chi connectivity index (χ3v) is 6.09. The van der Waals surface area contributed by atoms with E-state index in [1.165, 1.54) is 4.90 Å². The number of carbonyl (C=O) groups is 2. The molecule has 1 N–H and O–H groups in total. The van der Waals surface area contributed by atoms with Gasteiger partial charge in [0, 0.05) is 37.9 Å². The van der Waals surface area contributed by atoms with Gasteiger partial charge in [0.15, 0.2) is 0 Å². The summed E-state index contributed by atoms with van der Waals surface area (Å²) in [5, 5.41) is 11.1. The summed E-state index contributed by atoms with van der Waals surface area (Å²) in [6.45, 7) is 6.96. The summed E-state index contributed by atoms with van der Waals surface area (Å²) >= 11 is 0. The Hall–Kier alpha value is -3.23. The maximum Gasteiger partial charge on any atom is 0.295 e. The third kappa shape index (κ3) is 5.29. The lowest BCUT2D eigenvalue weighted by Gasteiger charge is -2.28. The topological polar surface area (TPSA) is 92.2 Å². The predicted octanol–water partition coefficient (Wildman–Crippen LogP) is 3.01. The number of rotatable bonds is 9. The molecule has 2 fully saturated rings. The highest BCUT2D eigenvalue weighted by atomic mass is 16.5. The van der Waals surface area contributed by atoms with Crippen LogP contribution in [-0.2, 0) is 14.3 Å². The molecule has 2 aliphatic heterocycles. The second kappa shape index (κ2) is 11.3. The zero-order valence-electron chi connectivity index (χ0n) is 19.5. The number of hydrogen-bond acceptors (Lipinski definition) is 7. The SMILES string of the molecule is CCCOc1ccc(/C(O)=C2/C(=O)C(=O)N(CCCN3CCOCC3)C2c2ccccn2)cc1. The van der Waals surface area contributed by atoms with Crippen LogP contribution >= 0.6 is 0 Å². The van der Waals surface area contributed by atoms with E-state index < -0.39 is 17.7 Å². The molecule has 1 aromatic carbocycles. The molecule has 2 aromatic rings. The molecular formula is C26H31N3O5. The number of nitrogens with zero attached hydrogens (tertiary/aromatic N) is 3. The van der Waals surface area contributed by atoms with Crippen molar-refractivity contribution in [2.24, 2.45) is 0 Å². The number of benzene rings is 1. The second-order valence-electron chi connectivity index (χ2n) is 8.43. The Kier molecular flexibility index (Phi) is 7.92. The Balaban J connectivity index is 1.61. The van der Waals surface area contributed by atoms with Crippen LogP contribution in [0, 0.1) is 0 Å². The van der Waals surface area contributed by atoms with E-state index in [0.717, 1.165) is 26.1 Å². The Morgan fingerprint density at radius 1 is 1.12 bits per heavy atom. The number of Topliss-reactive ketones (excluding diaryl/α,β-unsaturated/α-hetero) is 1. The monoisotopic (exact) mass is 465 g/mol. The number of carbonyl (C=O) groups excluding carboxylic acids is 2. The number of likely N-dealkylation sites (tertiary alicyclic amines) is 1. The number of pyridine rings is 1. The molecule has 8 heteroatoms. The van der Waals surface area contributed by atoms with Gasteiger partial charge in [-0.2, -0.15) is 0 Å². The van der Waals surface area contributed by atoms with Crippen LogP contribution in [0.1, 0.15) is 37.1 Å². The van der Waals surface area contributed by atoms with Gasteiger partial charge >= 0.3 is 0 Å². The molecule has 2 aliphatic rings. The highest BCUT2D eigenvalue weighted by Gasteiger charge is 2.46. The van der Waals surface area contributed by atoms with Gasteiger partial charge in [0.2, 0.25) is 0 Å². The molecule has 1 aromatic heterocycles. The van der Waals surface area contributed by atoms with Crippen molar-refractivity contribution in [3.05, 3.63) is 65.5 Å². The van der Waals surface area contributed by atoms with E-state index in [4.69, 9.17) is 9.47 Å². The fraction of sp³-hybridized carbons (Fsp3) is 0.423. The van der Waals surface area contributed by atoms with E-state index in [0.29, 0.717) is 49.8 Å². The number of aliphatic hydroxyl groups is 1. The summed E-state index contributed by atoms with van der Waals surface area (Å²) in [5.74, 6) is -0.817. The Bertz CT molecular complexity index is 1020. The smallest absolute Gasteiger partial charge is 0.295 e. The first-order chi connectivity index (χ1) is 16.6. The Morgan fingerprint density at radius 2 is 1.88 bits per heavy atom. The first-order valence-electron chi connectivity index (χ1n) is 11.8. The van der Waals surface area contributed by atoms with Gasteiger partial charge in [0.25, 0.3) is 11.7 Å². The molecule has 1 unspecified atom stereocenters. The quantitative estimate of drug-likeness (QED) is 0.346. The van der Waals surface area contributed by atoms with Crippen LogP contribution in [0.2, 0.25) is 0 Å². The standard InChI is InChI=1S/C26H31N3O5/c1-2-16-34-20-9-7-19(8-10-20)24(30)22-23(21-6-3-4-11-27-21)29(26(32)25(22)31)13-5-12-28-14-17-33-18-15-28/h3-4,6-11,23,30H,2,5,12-18H2,1H3/b24-22-. The van der Waals surface area contributed by atoms with Gasteiger partial charge in [-0.3, -0.25) is 19.5 Å². The van der Waals surface area contributed by atoms with E-state index in [9.17, 15) is 14.7 Å². The van der Waals surface area contributed by atoms with Crippen molar-refractivity contribution in [3.63, 3.8) is 0 Å². The van der Waals surface area contributed by atoms with Gasteiger partial charge in [-0.15, -0.1) is 0 Å². The fourth-order valence-corrected chi connectivity index (χ4v) is 4.33. The lowest BCUT2D eigenvalue weighted by Crippen LogP contribution is -2.39. The summed E-state index contributed by atoms with van der Waals surface area (Å²) in [6.07, 6.45) is 3.23. The summed E-state index contributed by atoms with van der Waals surface area (Å²) in [5.41, 5.74) is 1.07.